The van der Waals surface area contributed by atoms with Crippen LogP contribution in [0.25, 0.3) is 0 Å². The van der Waals surface area contributed by atoms with Crippen LogP contribution >= 0.6 is 0 Å². The lowest BCUT2D eigenvalue weighted by Gasteiger charge is -2.31. The van der Waals surface area contributed by atoms with E-state index in [-0.39, 0.29) is 12.0 Å². The van der Waals surface area contributed by atoms with Gasteiger partial charge in [0.1, 0.15) is 6.61 Å². The van der Waals surface area contributed by atoms with Crippen molar-refractivity contribution in [1.82, 2.24) is 0 Å². The Balaban J connectivity index is 4.52. The van der Waals surface area contributed by atoms with Crippen molar-refractivity contribution in [3.63, 3.8) is 0 Å². The zero-order valence-corrected chi connectivity index (χ0v) is 11.7. The molecule has 0 aliphatic heterocycles. The fourth-order valence-corrected chi connectivity index (χ4v) is 1.43. The zero-order valence-electron chi connectivity index (χ0n) is 11.7. The summed E-state index contributed by atoms with van der Waals surface area (Å²) in [6, 6.07) is 0. The van der Waals surface area contributed by atoms with Crippen molar-refractivity contribution in [3.8, 4) is 0 Å². The molecule has 0 saturated carbocycles. The lowest BCUT2D eigenvalue weighted by atomic mass is 9.88. The van der Waals surface area contributed by atoms with Gasteiger partial charge in [-0.25, -0.2) is 4.79 Å². The van der Waals surface area contributed by atoms with Gasteiger partial charge in [-0.3, -0.25) is 0 Å². The van der Waals surface area contributed by atoms with Crippen molar-refractivity contribution in [2.75, 3.05) is 33.0 Å². The van der Waals surface area contributed by atoms with Gasteiger partial charge in [0, 0.05) is 6.08 Å². The summed E-state index contributed by atoms with van der Waals surface area (Å²) >= 11 is 0. The smallest absolute Gasteiger partial charge is 0.330 e. The van der Waals surface area contributed by atoms with Gasteiger partial charge in [0.05, 0.1) is 31.8 Å². The quantitative estimate of drug-likeness (QED) is 0.236. The standard InChI is InChI=1S/C15H24O4/c1-5-9-17-11-15(8-4,12-18-10-6-2)13-19-14(16)7-3/h5-7H,1-3,8-13H2,4H3. The van der Waals surface area contributed by atoms with Crippen LogP contribution in [0.3, 0.4) is 0 Å². The zero-order chi connectivity index (χ0) is 14.6. The van der Waals surface area contributed by atoms with Crippen LogP contribution < -0.4 is 0 Å². The molecule has 19 heavy (non-hydrogen) atoms. The first kappa shape index (κ1) is 17.6. The third kappa shape index (κ3) is 7.59. The van der Waals surface area contributed by atoms with E-state index in [1.54, 1.807) is 12.2 Å². The van der Waals surface area contributed by atoms with E-state index in [1.807, 2.05) is 6.92 Å². The summed E-state index contributed by atoms with van der Waals surface area (Å²) in [4.78, 5) is 11.2. The predicted octanol–water partition coefficient (Wildman–Crippen LogP) is 2.52. The predicted molar refractivity (Wildman–Crippen MR) is 75.9 cm³/mol. The van der Waals surface area contributed by atoms with Crippen molar-refractivity contribution in [2.45, 2.75) is 13.3 Å². The number of carbonyl (C=O) groups excluding carboxylic acids is 1. The molecule has 108 valence electrons. The number of hydrogen-bond acceptors (Lipinski definition) is 4. The average molecular weight is 268 g/mol. The van der Waals surface area contributed by atoms with Crippen LogP contribution in [-0.4, -0.2) is 39.0 Å². The molecular weight excluding hydrogens is 244 g/mol. The summed E-state index contributed by atoms with van der Waals surface area (Å²) in [6.07, 6.45) is 5.28. The fraction of sp³-hybridized carbons (Fsp3) is 0.533. The average Bonchev–Trinajstić information content (AvgIpc) is 2.44. The van der Waals surface area contributed by atoms with Crippen molar-refractivity contribution in [2.24, 2.45) is 5.41 Å². The van der Waals surface area contributed by atoms with E-state index in [0.29, 0.717) is 26.4 Å². The molecule has 0 aliphatic carbocycles. The molecular formula is C15H24O4. The van der Waals surface area contributed by atoms with Gasteiger partial charge >= 0.3 is 5.97 Å². The van der Waals surface area contributed by atoms with Gasteiger partial charge in [-0.05, 0) is 6.42 Å². The topological polar surface area (TPSA) is 44.8 Å². The second-order valence-corrected chi connectivity index (χ2v) is 4.27. The molecule has 0 radical (unpaired) electrons. The van der Waals surface area contributed by atoms with E-state index in [0.717, 1.165) is 12.5 Å². The third-order valence-electron chi connectivity index (χ3n) is 2.73. The Kier molecular flexibility index (Phi) is 9.75. The van der Waals surface area contributed by atoms with E-state index in [9.17, 15) is 4.79 Å². The Hall–Kier alpha value is -1.39. The molecule has 0 saturated heterocycles. The molecule has 0 heterocycles. The molecule has 0 fully saturated rings. The van der Waals surface area contributed by atoms with Gasteiger partial charge in [-0.15, -0.1) is 13.2 Å². The SMILES string of the molecule is C=CCOCC(CC)(COCC=C)COC(=O)C=C. The maximum Gasteiger partial charge on any atom is 0.330 e. The molecule has 0 aromatic carbocycles. The van der Waals surface area contributed by atoms with Crippen LogP contribution in [0.5, 0.6) is 0 Å². The Morgan fingerprint density at radius 3 is 1.95 bits per heavy atom. The van der Waals surface area contributed by atoms with Crippen LogP contribution in [0.1, 0.15) is 13.3 Å². The van der Waals surface area contributed by atoms with Crippen LogP contribution in [0.15, 0.2) is 38.0 Å². The molecule has 0 aromatic rings. The minimum Gasteiger partial charge on any atom is -0.462 e. The summed E-state index contributed by atoms with van der Waals surface area (Å²) in [6.45, 7) is 14.6. The number of carbonyl (C=O) groups is 1. The van der Waals surface area contributed by atoms with Gasteiger partial charge < -0.3 is 14.2 Å². The number of esters is 1. The fourth-order valence-electron chi connectivity index (χ4n) is 1.43. The molecule has 0 spiro atoms. The van der Waals surface area contributed by atoms with Gasteiger partial charge in [0.2, 0.25) is 0 Å². The molecule has 4 heteroatoms. The summed E-state index contributed by atoms with van der Waals surface area (Å²) in [5.74, 6) is -0.440. The molecule has 0 aliphatic rings. The Bertz CT molecular complexity index is 283. The molecule has 0 N–H and O–H groups in total. The van der Waals surface area contributed by atoms with Crippen molar-refractivity contribution in [1.29, 1.82) is 0 Å². The maximum atomic E-state index is 11.2. The summed E-state index contributed by atoms with van der Waals surface area (Å²) in [5, 5.41) is 0. The van der Waals surface area contributed by atoms with Crippen LogP contribution in [0, 0.1) is 5.41 Å². The first-order valence-electron chi connectivity index (χ1n) is 6.30. The van der Waals surface area contributed by atoms with Gasteiger partial charge in [-0.1, -0.05) is 25.7 Å². The van der Waals surface area contributed by atoms with E-state index in [2.05, 4.69) is 19.7 Å². The minimum absolute atomic E-state index is 0.239. The molecule has 0 amide bonds. The number of rotatable bonds is 12. The van der Waals surface area contributed by atoms with Crippen molar-refractivity contribution in [3.05, 3.63) is 38.0 Å². The first-order valence-corrected chi connectivity index (χ1v) is 6.30. The first-order chi connectivity index (χ1) is 9.14. The number of hydrogen-bond donors (Lipinski definition) is 0. The molecule has 0 rings (SSSR count). The van der Waals surface area contributed by atoms with Gasteiger partial charge in [0.15, 0.2) is 0 Å². The molecule has 0 unspecified atom stereocenters. The summed E-state index contributed by atoms with van der Waals surface area (Å²) in [5.41, 5.74) is -0.356. The Morgan fingerprint density at radius 1 is 1.05 bits per heavy atom. The Morgan fingerprint density at radius 2 is 1.58 bits per heavy atom. The van der Waals surface area contributed by atoms with E-state index in [1.165, 1.54) is 0 Å². The van der Waals surface area contributed by atoms with Gasteiger partial charge in [0.25, 0.3) is 0 Å². The summed E-state index contributed by atoms with van der Waals surface area (Å²) in [7, 11) is 0. The largest absolute Gasteiger partial charge is 0.462 e. The van der Waals surface area contributed by atoms with Crippen LogP contribution in [0.4, 0.5) is 0 Å². The maximum absolute atomic E-state index is 11.2. The van der Waals surface area contributed by atoms with Crippen LogP contribution in [-0.2, 0) is 19.0 Å². The van der Waals surface area contributed by atoms with E-state index < -0.39 is 5.97 Å². The second-order valence-electron chi connectivity index (χ2n) is 4.27. The highest BCUT2D eigenvalue weighted by Crippen LogP contribution is 2.24. The number of ether oxygens (including phenoxy) is 3. The molecule has 0 bridgehead atoms. The lowest BCUT2D eigenvalue weighted by Crippen LogP contribution is -2.37. The normalized spacial score (nSPS) is 10.8. The van der Waals surface area contributed by atoms with E-state index >= 15 is 0 Å². The van der Waals surface area contributed by atoms with Crippen molar-refractivity contribution >= 4 is 5.97 Å². The molecule has 4 nitrogen and oxygen atoms in total. The van der Waals surface area contributed by atoms with Crippen molar-refractivity contribution < 1.29 is 19.0 Å². The Labute approximate surface area is 115 Å². The summed E-state index contributed by atoms with van der Waals surface area (Å²) < 4.78 is 16.1. The minimum atomic E-state index is -0.440. The highest BCUT2D eigenvalue weighted by Gasteiger charge is 2.30. The lowest BCUT2D eigenvalue weighted by molar-refractivity contribution is -0.145. The van der Waals surface area contributed by atoms with Gasteiger partial charge in [-0.2, -0.15) is 0 Å². The monoisotopic (exact) mass is 268 g/mol. The molecule has 0 aromatic heterocycles. The second kappa shape index (κ2) is 10.5. The van der Waals surface area contributed by atoms with E-state index in [4.69, 9.17) is 14.2 Å². The third-order valence-corrected chi connectivity index (χ3v) is 2.73. The molecule has 0 atom stereocenters. The van der Waals surface area contributed by atoms with Crippen LogP contribution in [0.2, 0.25) is 0 Å². The highest BCUT2D eigenvalue weighted by molar-refractivity contribution is 5.81. The highest BCUT2D eigenvalue weighted by atomic mass is 16.5.